The van der Waals surface area contributed by atoms with Crippen LogP contribution in [0.5, 0.6) is 0 Å². The van der Waals surface area contributed by atoms with E-state index >= 15 is 0 Å². The first kappa shape index (κ1) is 18.2. The molecule has 1 heterocycles. The zero-order valence-corrected chi connectivity index (χ0v) is 14.4. The summed E-state index contributed by atoms with van der Waals surface area (Å²) in [7, 11) is 2.11. The summed E-state index contributed by atoms with van der Waals surface area (Å²) in [5.41, 5.74) is -0.0565. The number of aliphatic hydroxyl groups excluding tert-OH is 1. The Morgan fingerprint density at radius 1 is 1.38 bits per heavy atom. The van der Waals surface area contributed by atoms with Gasteiger partial charge in [-0.15, -0.1) is 0 Å². The van der Waals surface area contributed by atoms with Crippen LogP contribution in [0.2, 0.25) is 0 Å². The van der Waals surface area contributed by atoms with Crippen LogP contribution in [0.15, 0.2) is 0 Å². The Balaban J connectivity index is 2.40. The van der Waals surface area contributed by atoms with Crippen LogP contribution in [0, 0.1) is 11.3 Å². The van der Waals surface area contributed by atoms with Crippen molar-refractivity contribution in [2.45, 2.75) is 46.6 Å². The summed E-state index contributed by atoms with van der Waals surface area (Å²) in [6.07, 6.45) is 1.82. The number of carbonyl (C=O) groups is 1. The van der Waals surface area contributed by atoms with Crippen LogP contribution in [0.4, 0.5) is 4.79 Å². The molecule has 0 aromatic carbocycles. The molecule has 1 unspecified atom stereocenters. The molecule has 0 bridgehead atoms. The fourth-order valence-electron chi connectivity index (χ4n) is 2.72. The molecule has 2 N–H and O–H groups in total. The molecule has 0 radical (unpaired) electrons. The number of urea groups is 1. The second-order valence-corrected chi connectivity index (χ2v) is 7.42. The van der Waals surface area contributed by atoms with Crippen molar-refractivity contribution < 1.29 is 9.90 Å². The van der Waals surface area contributed by atoms with Gasteiger partial charge in [-0.3, -0.25) is 0 Å². The van der Waals surface area contributed by atoms with Crippen LogP contribution < -0.4 is 5.32 Å². The lowest BCUT2D eigenvalue weighted by Crippen LogP contribution is -2.58. The highest BCUT2D eigenvalue weighted by Gasteiger charge is 2.30. The number of hydrogen-bond acceptors (Lipinski definition) is 3. The Labute approximate surface area is 129 Å². The van der Waals surface area contributed by atoms with Gasteiger partial charge in [0.05, 0.1) is 0 Å². The molecule has 5 nitrogen and oxygen atoms in total. The molecule has 2 amide bonds. The molecule has 1 aliphatic heterocycles. The molecule has 1 atom stereocenters. The first-order chi connectivity index (χ1) is 9.76. The molecular formula is C16H33N3O2. The Hall–Kier alpha value is -0.810. The van der Waals surface area contributed by atoms with Crippen LogP contribution >= 0.6 is 0 Å². The van der Waals surface area contributed by atoms with Crippen LogP contribution in [0.1, 0.15) is 40.5 Å². The highest BCUT2D eigenvalue weighted by atomic mass is 16.3. The van der Waals surface area contributed by atoms with Crippen molar-refractivity contribution in [3.8, 4) is 0 Å². The molecule has 0 aliphatic carbocycles. The highest BCUT2D eigenvalue weighted by Crippen LogP contribution is 2.20. The molecule has 1 rings (SSSR count). The van der Waals surface area contributed by atoms with Gasteiger partial charge in [0.2, 0.25) is 0 Å². The van der Waals surface area contributed by atoms with Gasteiger partial charge in [0.25, 0.3) is 0 Å². The third-order valence-corrected chi connectivity index (χ3v) is 4.39. The number of carbonyl (C=O) groups excluding carboxylic acids is 1. The lowest BCUT2D eigenvalue weighted by atomic mass is 9.89. The average molecular weight is 299 g/mol. The Morgan fingerprint density at radius 2 is 2.05 bits per heavy atom. The molecule has 0 saturated carbocycles. The van der Waals surface area contributed by atoms with Crippen molar-refractivity contribution in [2.24, 2.45) is 11.3 Å². The number of aliphatic hydroxyl groups is 1. The summed E-state index contributed by atoms with van der Waals surface area (Å²) in [6, 6.07) is 0.348. The van der Waals surface area contributed by atoms with E-state index in [9.17, 15) is 9.90 Å². The number of likely N-dealkylation sites (N-methyl/N-ethyl adjacent to an activating group) is 1. The Morgan fingerprint density at radius 3 is 2.62 bits per heavy atom. The number of nitrogens with zero attached hydrogens (tertiary/aromatic N) is 2. The Kier molecular flexibility index (Phi) is 6.94. The number of rotatable bonds is 6. The van der Waals surface area contributed by atoms with E-state index < -0.39 is 0 Å². The first-order valence-electron chi connectivity index (χ1n) is 8.10. The van der Waals surface area contributed by atoms with Gasteiger partial charge in [-0.05, 0) is 31.2 Å². The third kappa shape index (κ3) is 5.83. The minimum absolute atomic E-state index is 0.0565. The van der Waals surface area contributed by atoms with Crippen molar-refractivity contribution in [3.05, 3.63) is 0 Å². The van der Waals surface area contributed by atoms with Gasteiger partial charge in [-0.2, -0.15) is 0 Å². The van der Waals surface area contributed by atoms with Crippen molar-refractivity contribution in [1.29, 1.82) is 0 Å². The summed E-state index contributed by atoms with van der Waals surface area (Å²) < 4.78 is 0. The molecule has 5 heteroatoms. The van der Waals surface area contributed by atoms with Crippen LogP contribution in [-0.4, -0.2) is 66.8 Å². The van der Waals surface area contributed by atoms with Crippen molar-refractivity contribution in [1.82, 2.24) is 15.1 Å². The lowest BCUT2D eigenvalue weighted by Gasteiger charge is -2.42. The largest absolute Gasteiger partial charge is 0.396 e. The second kappa shape index (κ2) is 7.99. The fourth-order valence-corrected chi connectivity index (χ4v) is 2.72. The minimum atomic E-state index is -0.0565. The maximum absolute atomic E-state index is 12.4. The monoisotopic (exact) mass is 299 g/mol. The number of nitrogens with one attached hydrogen (secondary N) is 1. The van der Waals surface area contributed by atoms with E-state index in [0.717, 1.165) is 32.5 Å². The average Bonchev–Trinajstić information content (AvgIpc) is 2.43. The molecule has 21 heavy (non-hydrogen) atoms. The molecule has 0 spiro atoms. The van der Waals surface area contributed by atoms with Gasteiger partial charge in [0, 0.05) is 38.8 Å². The van der Waals surface area contributed by atoms with E-state index in [-0.39, 0.29) is 24.1 Å². The van der Waals surface area contributed by atoms with Crippen molar-refractivity contribution >= 4 is 6.03 Å². The van der Waals surface area contributed by atoms with E-state index in [4.69, 9.17) is 0 Å². The molecule has 1 saturated heterocycles. The van der Waals surface area contributed by atoms with Crippen molar-refractivity contribution in [3.63, 3.8) is 0 Å². The number of hydrogen-bond donors (Lipinski definition) is 2. The standard InChI is InChI=1S/C16H33N3O2/c1-13(2)14-11-18(5)9-10-19(14)15(21)17-8-6-7-16(3,4)12-20/h13-14,20H,6-12H2,1-5H3,(H,17,21). The fraction of sp³-hybridized carbons (Fsp3) is 0.938. The SMILES string of the molecule is CC(C)C1CN(C)CCN1C(=O)NCCCC(C)(C)CO. The molecular weight excluding hydrogens is 266 g/mol. The quantitative estimate of drug-likeness (QED) is 0.735. The predicted octanol–water partition coefficient (Wildman–Crippen LogP) is 1.77. The summed E-state index contributed by atoms with van der Waals surface area (Å²) in [5, 5.41) is 12.3. The summed E-state index contributed by atoms with van der Waals surface area (Å²) in [4.78, 5) is 16.6. The van der Waals surface area contributed by atoms with E-state index in [0.29, 0.717) is 12.5 Å². The smallest absolute Gasteiger partial charge is 0.317 e. The zero-order chi connectivity index (χ0) is 16.0. The third-order valence-electron chi connectivity index (χ3n) is 4.39. The van der Waals surface area contributed by atoms with Gasteiger partial charge < -0.3 is 20.2 Å². The van der Waals surface area contributed by atoms with Gasteiger partial charge >= 0.3 is 6.03 Å². The summed E-state index contributed by atoms with van der Waals surface area (Å²) >= 11 is 0. The van der Waals surface area contributed by atoms with E-state index in [2.05, 4.69) is 31.1 Å². The van der Waals surface area contributed by atoms with Crippen molar-refractivity contribution in [2.75, 3.05) is 39.8 Å². The lowest BCUT2D eigenvalue weighted by molar-refractivity contribution is 0.0852. The van der Waals surface area contributed by atoms with Gasteiger partial charge in [0.15, 0.2) is 0 Å². The zero-order valence-electron chi connectivity index (χ0n) is 14.4. The molecule has 124 valence electrons. The molecule has 1 fully saturated rings. The van der Waals surface area contributed by atoms with Crippen LogP contribution in [0.25, 0.3) is 0 Å². The summed E-state index contributed by atoms with van der Waals surface area (Å²) in [6.45, 7) is 12.0. The molecule has 1 aliphatic rings. The summed E-state index contributed by atoms with van der Waals surface area (Å²) in [5.74, 6) is 0.465. The normalized spacial score (nSPS) is 20.9. The minimum Gasteiger partial charge on any atom is -0.396 e. The van der Waals surface area contributed by atoms with Gasteiger partial charge in [0.1, 0.15) is 0 Å². The van der Waals surface area contributed by atoms with Crippen LogP contribution in [-0.2, 0) is 0 Å². The van der Waals surface area contributed by atoms with Gasteiger partial charge in [-0.25, -0.2) is 4.79 Å². The first-order valence-corrected chi connectivity index (χ1v) is 8.10. The second-order valence-electron chi connectivity index (χ2n) is 7.42. The number of amides is 2. The van der Waals surface area contributed by atoms with E-state index in [1.807, 2.05) is 18.7 Å². The topological polar surface area (TPSA) is 55.8 Å². The van der Waals surface area contributed by atoms with Crippen LogP contribution in [0.3, 0.4) is 0 Å². The predicted molar refractivity (Wildman–Crippen MR) is 86.3 cm³/mol. The van der Waals surface area contributed by atoms with Gasteiger partial charge in [-0.1, -0.05) is 27.7 Å². The van der Waals surface area contributed by atoms with E-state index in [1.54, 1.807) is 0 Å². The maximum atomic E-state index is 12.4. The molecule has 0 aromatic rings. The van der Waals surface area contributed by atoms with E-state index in [1.165, 1.54) is 0 Å². The maximum Gasteiger partial charge on any atom is 0.317 e. The highest BCUT2D eigenvalue weighted by molar-refractivity contribution is 5.74. The molecule has 0 aromatic heterocycles. The number of piperazine rings is 1. The Bertz CT molecular complexity index is 331.